The first-order valence-electron chi connectivity index (χ1n) is 11.5. The quantitative estimate of drug-likeness (QED) is 0.219. The summed E-state index contributed by atoms with van der Waals surface area (Å²) in [6, 6.07) is 8.58. The predicted molar refractivity (Wildman–Crippen MR) is 137 cm³/mol. The van der Waals surface area contributed by atoms with Gasteiger partial charge in [0.25, 0.3) is 0 Å². The lowest BCUT2D eigenvalue weighted by atomic mass is 9.98. The Bertz CT molecular complexity index is 1160. The number of thiocarbonyl (C=S) groups is 1. The Morgan fingerprint density at radius 2 is 1.66 bits per heavy atom. The SMILES string of the molecule is CCN(CC)c1ccc(-c2csc(C3CCN(C(=S)Nc4c(F)c(F)cc(F)c4F)CC3)n2)cc1. The first kappa shape index (κ1) is 25.4. The van der Waals surface area contributed by atoms with Gasteiger partial charge >= 0.3 is 0 Å². The van der Waals surface area contributed by atoms with Gasteiger partial charge in [0.1, 0.15) is 5.69 Å². The molecule has 1 N–H and O–H groups in total. The van der Waals surface area contributed by atoms with Crippen molar-refractivity contribution >= 4 is 40.0 Å². The molecule has 2 aromatic carbocycles. The van der Waals surface area contributed by atoms with E-state index in [-0.39, 0.29) is 17.1 Å². The van der Waals surface area contributed by atoms with Gasteiger partial charge in [-0.1, -0.05) is 12.1 Å². The topological polar surface area (TPSA) is 31.4 Å². The third-order valence-corrected chi connectivity index (χ3v) is 7.66. The Morgan fingerprint density at radius 1 is 1.06 bits per heavy atom. The van der Waals surface area contributed by atoms with Crippen molar-refractivity contribution in [2.24, 2.45) is 0 Å². The molecule has 3 aromatic rings. The second-order valence-corrected chi connectivity index (χ2v) is 9.60. The second kappa shape index (κ2) is 10.9. The van der Waals surface area contributed by atoms with Crippen LogP contribution in [0.2, 0.25) is 0 Å². The molecule has 0 aliphatic carbocycles. The monoisotopic (exact) mass is 522 g/mol. The van der Waals surface area contributed by atoms with Gasteiger partial charge in [-0.25, -0.2) is 22.5 Å². The van der Waals surface area contributed by atoms with E-state index in [0.717, 1.165) is 42.2 Å². The third kappa shape index (κ3) is 5.43. The minimum atomic E-state index is -1.50. The molecule has 4 rings (SSSR count). The molecule has 0 unspecified atom stereocenters. The molecule has 10 heteroatoms. The summed E-state index contributed by atoms with van der Waals surface area (Å²) in [5.74, 6) is -5.71. The Labute approximate surface area is 211 Å². The highest BCUT2D eigenvalue weighted by Crippen LogP contribution is 2.34. The molecule has 1 aliphatic heterocycles. The fourth-order valence-corrected chi connectivity index (χ4v) is 5.52. The number of aromatic nitrogens is 1. The number of benzene rings is 2. The van der Waals surface area contributed by atoms with Crippen LogP contribution >= 0.6 is 23.6 Å². The summed E-state index contributed by atoms with van der Waals surface area (Å²) >= 11 is 6.87. The van der Waals surface area contributed by atoms with Crippen molar-refractivity contribution in [1.82, 2.24) is 9.88 Å². The van der Waals surface area contributed by atoms with E-state index in [0.29, 0.717) is 13.1 Å². The van der Waals surface area contributed by atoms with Crippen LogP contribution in [0, 0.1) is 23.3 Å². The number of likely N-dealkylation sites (tertiary alicyclic amines) is 1. The lowest BCUT2D eigenvalue weighted by molar-refractivity contribution is 0.316. The lowest BCUT2D eigenvalue weighted by Crippen LogP contribution is -2.40. The van der Waals surface area contributed by atoms with Crippen molar-refractivity contribution in [2.75, 3.05) is 36.4 Å². The van der Waals surface area contributed by atoms with E-state index in [9.17, 15) is 17.6 Å². The number of hydrogen-bond donors (Lipinski definition) is 1. The molecule has 2 heterocycles. The van der Waals surface area contributed by atoms with Crippen molar-refractivity contribution in [1.29, 1.82) is 0 Å². The summed E-state index contributed by atoms with van der Waals surface area (Å²) in [5, 5.41) is 5.47. The summed E-state index contributed by atoms with van der Waals surface area (Å²) in [6.07, 6.45) is 1.50. The molecular formula is C25H26F4N4S2. The first-order valence-corrected chi connectivity index (χ1v) is 12.8. The van der Waals surface area contributed by atoms with Crippen molar-refractivity contribution < 1.29 is 17.6 Å². The Hall–Kier alpha value is -2.72. The first-order chi connectivity index (χ1) is 16.8. The van der Waals surface area contributed by atoms with Gasteiger partial charge in [-0.2, -0.15) is 0 Å². The molecule has 35 heavy (non-hydrogen) atoms. The molecule has 0 spiro atoms. The van der Waals surface area contributed by atoms with Gasteiger partial charge < -0.3 is 15.1 Å². The minimum Gasteiger partial charge on any atom is -0.372 e. The molecule has 0 atom stereocenters. The highest BCUT2D eigenvalue weighted by atomic mass is 32.1. The molecule has 186 valence electrons. The van der Waals surface area contributed by atoms with Gasteiger partial charge in [-0.3, -0.25) is 0 Å². The molecule has 0 saturated carbocycles. The largest absolute Gasteiger partial charge is 0.372 e. The van der Waals surface area contributed by atoms with Crippen LogP contribution in [-0.2, 0) is 0 Å². The van der Waals surface area contributed by atoms with Crippen molar-refractivity contribution in [3.63, 3.8) is 0 Å². The van der Waals surface area contributed by atoms with Crippen LogP contribution in [0.5, 0.6) is 0 Å². The van der Waals surface area contributed by atoms with Crippen LogP contribution < -0.4 is 10.2 Å². The number of piperidine rings is 1. The lowest BCUT2D eigenvalue weighted by Gasteiger charge is -2.33. The average molecular weight is 523 g/mol. The summed E-state index contributed by atoms with van der Waals surface area (Å²) < 4.78 is 54.9. The third-order valence-electron chi connectivity index (χ3n) is 6.29. The summed E-state index contributed by atoms with van der Waals surface area (Å²) in [6.45, 7) is 7.25. The molecule has 0 bridgehead atoms. The van der Waals surface area contributed by atoms with Crippen LogP contribution in [0.15, 0.2) is 35.7 Å². The standard InChI is InChI=1S/C25H26F4N4S2/c1-3-32(4-2)17-7-5-15(6-8-17)20-14-35-24(30-20)16-9-11-33(12-10-16)25(34)31-23-21(28)18(26)13-19(27)22(23)29/h5-8,13-14,16H,3-4,9-12H2,1-2H3,(H,31,34). The normalized spacial score (nSPS) is 14.3. The molecular weight excluding hydrogens is 496 g/mol. The molecule has 1 aromatic heterocycles. The van der Waals surface area contributed by atoms with Crippen LogP contribution in [-0.4, -0.2) is 41.2 Å². The average Bonchev–Trinajstić information content (AvgIpc) is 3.37. The fraction of sp³-hybridized carbons (Fsp3) is 0.360. The summed E-state index contributed by atoms with van der Waals surface area (Å²) in [5.41, 5.74) is 2.28. The number of nitrogens with one attached hydrogen (secondary N) is 1. The maximum atomic E-state index is 14.0. The molecule has 0 amide bonds. The number of hydrogen-bond acceptors (Lipinski definition) is 4. The van der Waals surface area contributed by atoms with E-state index in [1.54, 1.807) is 16.2 Å². The van der Waals surface area contributed by atoms with E-state index in [1.807, 2.05) is 0 Å². The Morgan fingerprint density at radius 3 is 2.23 bits per heavy atom. The van der Waals surface area contributed by atoms with Gasteiger partial charge in [0, 0.05) is 54.8 Å². The van der Waals surface area contributed by atoms with Gasteiger partial charge in [-0.15, -0.1) is 11.3 Å². The zero-order chi connectivity index (χ0) is 25.1. The molecule has 1 saturated heterocycles. The highest BCUT2D eigenvalue weighted by molar-refractivity contribution is 7.80. The molecule has 4 nitrogen and oxygen atoms in total. The van der Waals surface area contributed by atoms with Gasteiger partial charge in [0.05, 0.1) is 10.7 Å². The molecule has 1 fully saturated rings. The molecule has 0 radical (unpaired) electrons. The van der Waals surface area contributed by atoms with Gasteiger partial charge in [0.15, 0.2) is 28.4 Å². The number of anilines is 2. The Kier molecular flexibility index (Phi) is 7.91. The van der Waals surface area contributed by atoms with Crippen molar-refractivity contribution in [3.8, 4) is 11.3 Å². The van der Waals surface area contributed by atoms with Crippen LogP contribution in [0.3, 0.4) is 0 Å². The smallest absolute Gasteiger partial charge is 0.185 e. The van der Waals surface area contributed by atoms with E-state index in [2.05, 4.69) is 53.7 Å². The predicted octanol–water partition coefficient (Wildman–Crippen LogP) is 6.79. The zero-order valence-corrected chi connectivity index (χ0v) is 21.1. The number of halogens is 4. The number of rotatable bonds is 6. The van der Waals surface area contributed by atoms with Crippen LogP contribution in [0.1, 0.15) is 37.6 Å². The zero-order valence-electron chi connectivity index (χ0n) is 19.5. The molecule has 1 aliphatic rings. The van der Waals surface area contributed by atoms with E-state index in [1.165, 1.54) is 5.69 Å². The van der Waals surface area contributed by atoms with E-state index >= 15 is 0 Å². The van der Waals surface area contributed by atoms with Crippen molar-refractivity contribution in [3.05, 3.63) is 64.0 Å². The maximum absolute atomic E-state index is 14.0. The van der Waals surface area contributed by atoms with Crippen molar-refractivity contribution in [2.45, 2.75) is 32.6 Å². The van der Waals surface area contributed by atoms with Gasteiger partial charge in [0.2, 0.25) is 0 Å². The summed E-state index contributed by atoms with van der Waals surface area (Å²) in [7, 11) is 0. The van der Waals surface area contributed by atoms with E-state index in [4.69, 9.17) is 17.2 Å². The van der Waals surface area contributed by atoms with Gasteiger partial charge in [-0.05, 0) is 51.0 Å². The van der Waals surface area contributed by atoms with Crippen LogP contribution in [0.25, 0.3) is 11.3 Å². The summed E-state index contributed by atoms with van der Waals surface area (Å²) in [4.78, 5) is 8.89. The fourth-order valence-electron chi connectivity index (χ4n) is 4.24. The maximum Gasteiger partial charge on any atom is 0.185 e. The number of thiazole rings is 1. The highest BCUT2D eigenvalue weighted by Gasteiger charge is 2.26. The van der Waals surface area contributed by atoms with E-state index < -0.39 is 29.0 Å². The Balaban J connectivity index is 1.37. The number of nitrogens with zero attached hydrogens (tertiary/aromatic N) is 3. The van der Waals surface area contributed by atoms with Crippen LogP contribution in [0.4, 0.5) is 28.9 Å². The second-order valence-electron chi connectivity index (χ2n) is 8.32. The minimum absolute atomic E-state index is 0.0272.